The number of nitrogens with zero attached hydrogens (tertiary/aromatic N) is 2. The molecule has 2 heterocycles. The van der Waals surface area contributed by atoms with Gasteiger partial charge in [-0.1, -0.05) is 0 Å². The molecule has 0 spiro atoms. The van der Waals surface area contributed by atoms with Crippen molar-refractivity contribution in [2.75, 3.05) is 39.3 Å². The van der Waals surface area contributed by atoms with E-state index in [2.05, 4.69) is 17.1 Å². The van der Waals surface area contributed by atoms with Crippen molar-refractivity contribution in [3.63, 3.8) is 0 Å². The summed E-state index contributed by atoms with van der Waals surface area (Å²) in [6.45, 7) is 7.75. The summed E-state index contributed by atoms with van der Waals surface area (Å²) in [6.07, 6.45) is 2.37. The van der Waals surface area contributed by atoms with E-state index < -0.39 is 0 Å². The van der Waals surface area contributed by atoms with Crippen molar-refractivity contribution < 1.29 is 4.79 Å². The summed E-state index contributed by atoms with van der Waals surface area (Å²) < 4.78 is 0. The first kappa shape index (κ1) is 10.9. The third kappa shape index (κ3) is 2.92. The van der Waals surface area contributed by atoms with Crippen molar-refractivity contribution in [3.8, 4) is 0 Å². The maximum Gasteiger partial charge on any atom is 0.236 e. The molecule has 2 aliphatic rings. The first-order valence-electron chi connectivity index (χ1n) is 5.99. The molecule has 86 valence electrons. The minimum absolute atomic E-state index is 0.321. The largest absolute Gasteiger partial charge is 0.342 e. The smallest absolute Gasteiger partial charge is 0.236 e. The van der Waals surface area contributed by atoms with E-state index in [0.29, 0.717) is 18.5 Å². The zero-order chi connectivity index (χ0) is 10.7. The predicted octanol–water partition coefficient (Wildman–Crippen LogP) is -0.0975. The molecule has 0 aromatic carbocycles. The Bertz CT molecular complexity index is 226. The Labute approximate surface area is 91.6 Å². The van der Waals surface area contributed by atoms with Gasteiger partial charge in [-0.3, -0.25) is 9.69 Å². The second-order valence-electron chi connectivity index (χ2n) is 4.68. The number of piperazine rings is 1. The molecule has 0 radical (unpaired) electrons. The SMILES string of the molecule is C[C@H]1CN(CC(=O)N2CCCC2)CCN1. The molecular formula is C11H21N3O. The number of amides is 1. The highest BCUT2D eigenvalue weighted by molar-refractivity contribution is 5.78. The van der Waals surface area contributed by atoms with Gasteiger partial charge >= 0.3 is 0 Å². The lowest BCUT2D eigenvalue weighted by Gasteiger charge is -2.32. The molecule has 0 unspecified atom stereocenters. The Balaban J connectivity index is 1.77. The van der Waals surface area contributed by atoms with Crippen LogP contribution in [-0.2, 0) is 4.79 Å². The Hall–Kier alpha value is -0.610. The van der Waals surface area contributed by atoms with Crippen LogP contribution in [0.2, 0.25) is 0 Å². The molecule has 0 aromatic rings. The fourth-order valence-corrected chi connectivity index (χ4v) is 2.41. The Morgan fingerprint density at radius 1 is 1.33 bits per heavy atom. The summed E-state index contributed by atoms with van der Waals surface area (Å²) in [4.78, 5) is 16.2. The Kier molecular flexibility index (Phi) is 3.59. The number of likely N-dealkylation sites (tertiary alicyclic amines) is 1. The van der Waals surface area contributed by atoms with Gasteiger partial charge in [0.15, 0.2) is 0 Å². The van der Waals surface area contributed by atoms with Crippen LogP contribution in [-0.4, -0.2) is 61.0 Å². The average Bonchev–Trinajstić information content (AvgIpc) is 2.70. The first-order chi connectivity index (χ1) is 7.25. The molecule has 0 aliphatic carbocycles. The fraction of sp³-hybridized carbons (Fsp3) is 0.909. The maximum atomic E-state index is 11.9. The van der Waals surface area contributed by atoms with E-state index in [4.69, 9.17) is 0 Å². The van der Waals surface area contributed by atoms with Crippen LogP contribution in [0.15, 0.2) is 0 Å². The fourth-order valence-electron chi connectivity index (χ4n) is 2.41. The topological polar surface area (TPSA) is 35.6 Å². The van der Waals surface area contributed by atoms with Crippen molar-refractivity contribution in [2.45, 2.75) is 25.8 Å². The van der Waals surface area contributed by atoms with Gasteiger partial charge in [0.25, 0.3) is 0 Å². The van der Waals surface area contributed by atoms with Crippen LogP contribution in [0, 0.1) is 0 Å². The molecule has 0 saturated carbocycles. The second-order valence-corrected chi connectivity index (χ2v) is 4.68. The number of carbonyl (C=O) groups is 1. The molecule has 1 amide bonds. The summed E-state index contributed by atoms with van der Waals surface area (Å²) >= 11 is 0. The van der Waals surface area contributed by atoms with E-state index in [0.717, 1.165) is 32.7 Å². The molecule has 15 heavy (non-hydrogen) atoms. The van der Waals surface area contributed by atoms with Crippen molar-refractivity contribution in [3.05, 3.63) is 0 Å². The van der Waals surface area contributed by atoms with Crippen molar-refractivity contribution >= 4 is 5.91 Å². The molecule has 0 aromatic heterocycles. The van der Waals surface area contributed by atoms with E-state index in [-0.39, 0.29) is 0 Å². The van der Waals surface area contributed by atoms with E-state index in [9.17, 15) is 4.79 Å². The quantitative estimate of drug-likeness (QED) is 0.693. The molecule has 2 rings (SSSR count). The third-order valence-electron chi connectivity index (χ3n) is 3.27. The zero-order valence-corrected chi connectivity index (χ0v) is 9.54. The van der Waals surface area contributed by atoms with Gasteiger partial charge in [0.1, 0.15) is 0 Å². The molecule has 2 aliphatic heterocycles. The molecule has 1 atom stereocenters. The van der Waals surface area contributed by atoms with E-state index in [1.807, 2.05) is 4.90 Å². The molecule has 4 heteroatoms. The molecular weight excluding hydrogens is 190 g/mol. The van der Waals surface area contributed by atoms with Gasteiger partial charge in [0.2, 0.25) is 5.91 Å². The second kappa shape index (κ2) is 4.94. The van der Waals surface area contributed by atoms with Gasteiger partial charge in [0, 0.05) is 38.8 Å². The van der Waals surface area contributed by atoms with Crippen molar-refractivity contribution in [1.29, 1.82) is 0 Å². The molecule has 2 fully saturated rings. The summed E-state index contributed by atoms with van der Waals surface area (Å²) in [5, 5.41) is 3.39. The number of nitrogens with one attached hydrogen (secondary N) is 1. The molecule has 1 N–H and O–H groups in total. The number of rotatable bonds is 2. The average molecular weight is 211 g/mol. The number of carbonyl (C=O) groups excluding carboxylic acids is 1. The first-order valence-corrected chi connectivity index (χ1v) is 5.99. The van der Waals surface area contributed by atoms with Crippen LogP contribution in [0.25, 0.3) is 0 Å². The van der Waals surface area contributed by atoms with E-state index >= 15 is 0 Å². The lowest BCUT2D eigenvalue weighted by atomic mass is 10.2. The Morgan fingerprint density at radius 3 is 2.73 bits per heavy atom. The van der Waals surface area contributed by atoms with Crippen LogP contribution < -0.4 is 5.32 Å². The molecule has 4 nitrogen and oxygen atoms in total. The lowest BCUT2D eigenvalue weighted by Crippen LogP contribution is -2.52. The monoisotopic (exact) mass is 211 g/mol. The predicted molar refractivity (Wildman–Crippen MR) is 59.7 cm³/mol. The Morgan fingerprint density at radius 2 is 2.07 bits per heavy atom. The van der Waals surface area contributed by atoms with Crippen LogP contribution in [0.1, 0.15) is 19.8 Å². The van der Waals surface area contributed by atoms with Gasteiger partial charge in [-0.2, -0.15) is 0 Å². The van der Waals surface area contributed by atoms with Crippen LogP contribution >= 0.6 is 0 Å². The summed E-state index contributed by atoms with van der Waals surface area (Å²) in [5.74, 6) is 0.321. The summed E-state index contributed by atoms with van der Waals surface area (Å²) in [5.41, 5.74) is 0. The zero-order valence-electron chi connectivity index (χ0n) is 9.54. The normalized spacial score (nSPS) is 28.3. The standard InChI is InChI=1S/C11H21N3O/c1-10-8-13(7-4-12-10)9-11(15)14-5-2-3-6-14/h10,12H,2-9H2,1H3/t10-/m0/s1. The van der Waals surface area contributed by atoms with Gasteiger partial charge < -0.3 is 10.2 Å². The van der Waals surface area contributed by atoms with Gasteiger partial charge in [-0.15, -0.1) is 0 Å². The summed E-state index contributed by atoms with van der Waals surface area (Å²) in [6, 6.07) is 0.519. The third-order valence-corrected chi connectivity index (χ3v) is 3.27. The van der Waals surface area contributed by atoms with E-state index in [1.54, 1.807) is 0 Å². The highest BCUT2D eigenvalue weighted by atomic mass is 16.2. The van der Waals surface area contributed by atoms with Gasteiger partial charge in [0.05, 0.1) is 6.54 Å². The van der Waals surface area contributed by atoms with Gasteiger partial charge in [-0.25, -0.2) is 0 Å². The van der Waals surface area contributed by atoms with Crippen LogP contribution in [0.3, 0.4) is 0 Å². The van der Waals surface area contributed by atoms with Crippen molar-refractivity contribution in [2.24, 2.45) is 0 Å². The van der Waals surface area contributed by atoms with Crippen molar-refractivity contribution in [1.82, 2.24) is 15.1 Å². The highest BCUT2D eigenvalue weighted by Gasteiger charge is 2.22. The van der Waals surface area contributed by atoms with Crippen LogP contribution in [0.5, 0.6) is 0 Å². The minimum atomic E-state index is 0.321. The maximum absolute atomic E-state index is 11.9. The minimum Gasteiger partial charge on any atom is -0.342 e. The van der Waals surface area contributed by atoms with Gasteiger partial charge in [-0.05, 0) is 19.8 Å². The number of hydrogen-bond acceptors (Lipinski definition) is 3. The highest BCUT2D eigenvalue weighted by Crippen LogP contribution is 2.08. The lowest BCUT2D eigenvalue weighted by molar-refractivity contribution is -0.131. The van der Waals surface area contributed by atoms with Crippen LogP contribution in [0.4, 0.5) is 0 Å². The summed E-state index contributed by atoms with van der Waals surface area (Å²) in [7, 11) is 0. The van der Waals surface area contributed by atoms with E-state index in [1.165, 1.54) is 12.8 Å². The molecule has 0 bridgehead atoms. The molecule has 2 saturated heterocycles. The number of hydrogen-bond donors (Lipinski definition) is 1.